The molecule has 0 saturated carbocycles. The molecule has 1 aromatic rings. The van der Waals surface area contributed by atoms with Crippen molar-refractivity contribution < 1.29 is 4.79 Å². The first kappa shape index (κ1) is 13.2. The van der Waals surface area contributed by atoms with Crippen molar-refractivity contribution in [3.8, 4) is 0 Å². The summed E-state index contributed by atoms with van der Waals surface area (Å²) in [6.07, 6.45) is 0. The quantitative estimate of drug-likeness (QED) is 0.800. The minimum atomic E-state index is 0.0244. The molecule has 0 bridgehead atoms. The molecule has 0 aliphatic carbocycles. The Hall–Kier alpha value is -0.900. The third kappa shape index (κ3) is 3.30. The van der Waals surface area contributed by atoms with E-state index < -0.39 is 0 Å². The Kier molecular flexibility index (Phi) is 4.47. The maximum Gasteiger partial charge on any atom is 0.255 e. The van der Waals surface area contributed by atoms with Crippen molar-refractivity contribution in [2.75, 3.05) is 13.6 Å². The number of aryl methyl sites for hydroxylation is 2. The Bertz CT molecular complexity index is 391. The lowest BCUT2D eigenvalue weighted by atomic mass is 10.1. The van der Waals surface area contributed by atoms with E-state index in [1.54, 1.807) is 11.9 Å². The highest BCUT2D eigenvalue weighted by molar-refractivity contribution is 9.09. The van der Waals surface area contributed by atoms with Crippen molar-refractivity contribution in [1.82, 2.24) is 9.88 Å². The lowest BCUT2D eigenvalue weighted by molar-refractivity contribution is 0.0796. The molecule has 1 rings (SSSR count). The average Bonchev–Trinajstić information content (AvgIpc) is 2.15. The molecule has 0 aliphatic heterocycles. The van der Waals surface area contributed by atoms with Crippen molar-refractivity contribution in [3.05, 3.63) is 29.1 Å². The van der Waals surface area contributed by atoms with Crippen LogP contribution in [0.3, 0.4) is 0 Å². The van der Waals surface area contributed by atoms with Crippen LogP contribution in [0.2, 0.25) is 0 Å². The van der Waals surface area contributed by atoms with E-state index in [-0.39, 0.29) is 5.91 Å². The van der Waals surface area contributed by atoms with Gasteiger partial charge in [0.2, 0.25) is 0 Å². The van der Waals surface area contributed by atoms with Gasteiger partial charge in [-0.2, -0.15) is 0 Å². The molecule has 1 aromatic heterocycles. The van der Waals surface area contributed by atoms with Crippen LogP contribution < -0.4 is 0 Å². The van der Waals surface area contributed by atoms with Crippen LogP contribution in [-0.4, -0.2) is 34.2 Å². The van der Waals surface area contributed by atoms with E-state index in [0.717, 1.165) is 11.4 Å². The summed E-state index contributed by atoms with van der Waals surface area (Å²) in [4.78, 5) is 18.4. The predicted molar refractivity (Wildman–Crippen MR) is 69.1 cm³/mol. The lowest BCUT2D eigenvalue weighted by Gasteiger charge is -2.19. The highest BCUT2D eigenvalue weighted by atomic mass is 79.9. The van der Waals surface area contributed by atoms with Gasteiger partial charge >= 0.3 is 0 Å². The second-order valence-electron chi connectivity index (χ2n) is 4.05. The molecule has 16 heavy (non-hydrogen) atoms. The van der Waals surface area contributed by atoms with Crippen LogP contribution in [0.25, 0.3) is 0 Å². The molecular formula is C12H17BrN2O. The SMILES string of the molecule is Cc1ccc(C(=O)N(C)CC(C)Br)c(C)n1. The molecule has 88 valence electrons. The summed E-state index contributed by atoms with van der Waals surface area (Å²) < 4.78 is 0. The van der Waals surface area contributed by atoms with Crippen molar-refractivity contribution in [1.29, 1.82) is 0 Å². The number of nitrogens with zero attached hydrogens (tertiary/aromatic N) is 2. The van der Waals surface area contributed by atoms with Crippen LogP contribution in [0.5, 0.6) is 0 Å². The molecule has 4 heteroatoms. The first-order valence-electron chi connectivity index (χ1n) is 5.25. The summed E-state index contributed by atoms with van der Waals surface area (Å²) in [6, 6.07) is 3.71. The molecule has 0 fully saturated rings. The van der Waals surface area contributed by atoms with Crippen LogP contribution in [0.15, 0.2) is 12.1 Å². The molecule has 0 radical (unpaired) electrons. The number of amides is 1. The zero-order valence-electron chi connectivity index (χ0n) is 10.1. The Morgan fingerprint density at radius 1 is 1.50 bits per heavy atom. The van der Waals surface area contributed by atoms with Gasteiger partial charge in [-0.05, 0) is 26.0 Å². The number of aromatic nitrogens is 1. The number of halogens is 1. The molecule has 3 nitrogen and oxygen atoms in total. The third-order valence-electron chi connectivity index (χ3n) is 2.33. The van der Waals surface area contributed by atoms with E-state index in [0.29, 0.717) is 16.9 Å². The molecule has 1 atom stereocenters. The molecule has 0 aromatic carbocycles. The second-order valence-corrected chi connectivity index (χ2v) is 5.62. The van der Waals surface area contributed by atoms with Gasteiger partial charge in [0.1, 0.15) is 0 Å². The Morgan fingerprint density at radius 3 is 2.62 bits per heavy atom. The van der Waals surface area contributed by atoms with Crippen molar-refractivity contribution in [2.24, 2.45) is 0 Å². The van der Waals surface area contributed by atoms with Crippen LogP contribution in [0.1, 0.15) is 28.7 Å². The van der Waals surface area contributed by atoms with E-state index in [4.69, 9.17) is 0 Å². The molecule has 0 aliphatic rings. The van der Waals surface area contributed by atoms with Crippen LogP contribution in [0, 0.1) is 13.8 Å². The number of carbonyl (C=O) groups is 1. The minimum Gasteiger partial charge on any atom is -0.341 e. The van der Waals surface area contributed by atoms with Crippen LogP contribution >= 0.6 is 15.9 Å². The molecular weight excluding hydrogens is 268 g/mol. The fourth-order valence-electron chi connectivity index (χ4n) is 1.58. The van der Waals surface area contributed by atoms with E-state index in [1.165, 1.54) is 0 Å². The summed E-state index contributed by atoms with van der Waals surface area (Å²) in [5, 5.41) is 0. The lowest BCUT2D eigenvalue weighted by Crippen LogP contribution is -2.31. The number of carbonyl (C=O) groups excluding carboxylic acids is 1. The van der Waals surface area contributed by atoms with Crippen molar-refractivity contribution in [2.45, 2.75) is 25.6 Å². The summed E-state index contributed by atoms with van der Waals surface area (Å²) in [7, 11) is 1.80. The zero-order chi connectivity index (χ0) is 12.3. The number of alkyl halides is 1. The predicted octanol–water partition coefficient (Wildman–Crippen LogP) is 2.55. The molecule has 0 spiro atoms. The first-order chi connectivity index (χ1) is 7.41. The number of pyridine rings is 1. The summed E-state index contributed by atoms with van der Waals surface area (Å²) in [5.41, 5.74) is 2.41. The fraction of sp³-hybridized carbons (Fsp3) is 0.500. The van der Waals surface area contributed by atoms with E-state index in [2.05, 4.69) is 20.9 Å². The number of hydrogen-bond donors (Lipinski definition) is 0. The largest absolute Gasteiger partial charge is 0.341 e. The third-order valence-corrected chi connectivity index (χ3v) is 2.62. The van der Waals surface area contributed by atoms with Gasteiger partial charge in [-0.3, -0.25) is 9.78 Å². The fourth-order valence-corrected chi connectivity index (χ4v) is 2.01. The van der Waals surface area contributed by atoms with Gasteiger partial charge in [0.15, 0.2) is 0 Å². The van der Waals surface area contributed by atoms with E-state index in [9.17, 15) is 4.79 Å². The Labute approximate surface area is 105 Å². The Balaban J connectivity index is 2.88. The Morgan fingerprint density at radius 2 is 2.12 bits per heavy atom. The summed E-state index contributed by atoms with van der Waals surface area (Å²) >= 11 is 3.44. The van der Waals surface area contributed by atoms with Gasteiger partial charge in [0, 0.05) is 24.1 Å². The van der Waals surface area contributed by atoms with Gasteiger partial charge < -0.3 is 4.90 Å². The van der Waals surface area contributed by atoms with E-state index >= 15 is 0 Å². The number of hydrogen-bond acceptors (Lipinski definition) is 2. The normalized spacial score (nSPS) is 12.3. The van der Waals surface area contributed by atoms with Crippen LogP contribution in [0.4, 0.5) is 0 Å². The standard InChI is InChI=1S/C12H17BrN2O/c1-8(13)7-15(4)12(16)11-6-5-9(2)14-10(11)3/h5-6,8H,7H2,1-4H3. The zero-order valence-corrected chi connectivity index (χ0v) is 11.7. The number of rotatable bonds is 3. The highest BCUT2D eigenvalue weighted by Crippen LogP contribution is 2.10. The topological polar surface area (TPSA) is 33.2 Å². The minimum absolute atomic E-state index is 0.0244. The molecule has 1 heterocycles. The molecule has 1 amide bonds. The average molecular weight is 285 g/mol. The summed E-state index contributed by atoms with van der Waals surface area (Å²) in [6.45, 7) is 6.49. The van der Waals surface area contributed by atoms with Gasteiger partial charge in [-0.15, -0.1) is 0 Å². The maximum absolute atomic E-state index is 12.1. The van der Waals surface area contributed by atoms with Gasteiger partial charge in [-0.1, -0.05) is 22.9 Å². The molecule has 0 saturated heterocycles. The van der Waals surface area contributed by atoms with Gasteiger partial charge in [0.05, 0.1) is 11.3 Å². The monoisotopic (exact) mass is 284 g/mol. The van der Waals surface area contributed by atoms with Crippen LogP contribution in [-0.2, 0) is 0 Å². The van der Waals surface area contributed by atoms with Crippen molar-refractivity contribution in [3.63, 3.8) is 0 Å². The van der Waals surface area contributed by atoms with Gasteiger partial charge in [0.25, 0.3) is 5.91 Å². The second kappa shape index (κ2) is 5.43. The smallest absolute Gasteiger partial charge is 0.255 e. The maximum atomic E-state index is 12.1. The summed E-state index contributed by atoms with van der Waals surface area (Å²) in [5.74, 6) is 0.0244. The molecule has 1 unspecified atom stereocenters. The van der Waals surface area contributed by atoms with E-state index in [1.807, 2.05) is 32.9 Å². The van der Waals surface area contributed by atoms with Gasteiger partial charge in [-0.25, -0.2) is 0 Å². The first-order valence-corrected chi connectivity index (χ1v) is 6.17. The highest BCUT2D eigenvalue weighted by Gasteiger charge is 2.15. The molecule has 0 N–H and O–H groups in total. The van der Waals surface area contributed by atoms with Crippen molar-refractivity contribution >= 4 is 21.8 Å².